The van der Waals surface area contributed by atoms with Gasteiger partial charge in [-0.2, -0.15) is 4.52 Å². The molecule has 5 nitrogen and oxygen atoms in total. The Morgan fingerprint density at radius 3 is 2.58 bits per heavy atom. The quantitative estimate of drug-likeness (QED) is 0.572. The first-order valence-electron chi connectivity index (χ1n) is 7.42. The summed E-state index contributed by atoms with van der Waals surface area (Å²) in [4.78, 5) is 0. The lowest BCUT2D eigenvalue weighted by Crippen LogP contribution is -1.98. The molecule has 0 saturated heterocycles. The van der Waals surface area contributed by atoms with Crippen LogP contribution in [0.1, 0.15) is 5.56 Å². The largest absolute Gasteiger partial charge is 0.438 e. The summed E-state index contributed by atoms with van der Waals surface area (Å²) >= 11 is 0. The highest BCUT2D eigenvalue weighted by molar-refractivity contribution is 5.58. The van der Waals surface area contributed by atoms with E-state index < -0.39 is 0 Å². The number of benzene rings is 2. The van der Waals surface area contributed by atoms with Crippen LogP contribution in [0, 0.1) is 12.7 Å². The smallest absolute Gasteiger partial charge is 0.237 e. The van der Waals surface area contributed by atoms with E-state index >= 15 is 0 Å². The molecule has 0 N–H and O–H groups in total. The van der Waals surface area contributed by atoms with Crippen LogP contribution in [0.5, 0.6) is 11.6 Å². The molecule has 118 valence electrons. The Kier molecular flexibility index (Phi) is 3.42. The number of hydrogen-bond acceptors (Lipinski definition) is 4. The summed E-state index contributed by atoms with van der Waals surface area (Å²) in [5.41, 5.74) is 2.05. The van der Waals surface area contributed by atoms with Crippen molar-refractivity contribution in [3.8, 4) is 23.0 Å². The molecule has 0 saturated carbocycles. The van der Waals surface area contributed by atoms with Crippen LogP contribution in [0.25, 0.3) is 17.0 Å². The summed E-state index contributed by atoms with van der Waals surface area (Å²) in [5, 5.41) is 12.7. The summed E-state index contributed by atoms with van der Waals surface area (Å²) in [5.74, 6) is 1.27. The van der Waals surface area contributed by atoms with Crippen LogP contribution in [0.15, 0.2) is 60.7 Å². The van der Waals surface area contributed by atoms with Gasteiger partial charge in [0, 0.05) is 11.6 Å². The second kappa shape index (κ2) is 5.73. The van der Waals surface area contributed by atoms with Gasteiger partial charge >= 0.3 is 0 Å². The molecule has 2 heterocycles. The van der Waals surface area contributed by atoms with Crippen molar-refractivity contribution < 1.29 is 9.13 Å². The van der Waals surface area contributed by atoms with Gasteiger partial charge in [0.25, 0.3) is 0 Å². The maximum atomic E-state index is 13.4. The Hall–Kier alpha value is -3.28. The molecule has 4 rings (SSSR count). The fourth-order valence-corrected chi connectivity index (χ4v) is 2.40. The van der Waals surface area contributed by atoms with Gasteiger partial charge in [-0.1, -0.05) is 30.3 Å². The standard InChI is InChI=1S/C18H13FN4O/c1-12-11-14(7-8-15(12)19)24-17-10-9-16-20-21-18(23(16)22-17)13-5-3-2-4-6-13/h2-11H,1H3. The van der Waals surface area contributed by atoms with Crippen LogP contribution in [0.4, 0.5) is 4.39 Å². The van der Waals surface area contributed by atoms with Crippen molar-refractivity contribution >= 4 is 5.65 Å². The molecule has 0 atom stereocenters. The van der Waals surface area contributed by atoms with E-state index in [4.69, 9.17) is 4.74 Å². The van der Waals surface area contributed by atoms with Crippen molar-refractivity contribution in [1.29, 1.82) is 0 Å². The molecular weight excluding hydrogens is 307 g/mol. The highest BCUT2D eigenvalue weighted by atomic mass is 19.1. The summed E-state index contributed by atoms with van der Waals surface area (Å²) in [6.07, 6.45) is 0. The molecule has 0 aliphatic heterocycles. The molecule has 2 aromatic heterocycles. The molecule has 0 aliphatic carbocycles. The number of rotatable bonds is 3. The van der Waals surface area contributed by atoms with E-state index in [2.05, 4.69) is 15.3 Å². The Labute approximate surface area is 137 Å². The van der Waals surface area contributed by atoms with Gasteiger partial charge in [-0.15, -0.1) is 15.3 Å². The molecule has 2 aromatic carbocycles. The summed E-state index contributed by atoms with van der Waals surface area (Å²) in [6.45, 7) is 1.69. The number of ether oxygens (including phenoxy) is 1. The topological polar surface area (TPSA) is 52.3 Å². The van der Waals surface area contributed by atoms with Crippen molar-refractivity contribution in [2.24, 2.45) is 0 Å². The zero-order valence-corrected chi connectivity index (χ0v) is 12.8. The molecule has 24 heavy (non-hydrogen) atoms. The minimum absolute atomic E-state index is 0.268. The zero-order valence-electron chi connectivity index (χ0n) is 12.8. The molecule has 0 amide bonds. The van der Waals surface area contributed by atoms with E-state index in [-0.39, 0.29) is 5.82 Å². The zero-order chi connectivity index (χ0) is 16.5. The molecular formula is C18H13FN4O. The van der Waals surface area contributed by atoms with Crippen molar-refractivity contribution in [3.63, 3.8) is 0 Å². The Bertz CT molecular complexity index is 1010. The van der Waals surface area contributed by atoms with E-state index in [0.717, 1.165) is 5.56 Å². The number of nitrogens with zero attached hydrogens (tertiary/aromatic N) is 4. The average Bonchev–Trinajstić information content (AvgIpc) is 3.02. The first-order chi connectivity index (χ1) is 11.7. The monoisotopic (exact) mass is 320 g/mol. The second-order valence-electron chi connectivity index (χ2n) is 5.34. The van der Waals surface area contributed by atoms with E-state index in [1.807, 2.05) is 30.3 Å². The Morgan fingerprint density at radius 2 is 1.79 bits per heavy atom. The van der Waals surface area contributed by atoms with E-state index in [0.29, 0.717) is 28.7 Å². The first-order valence-corrected chi connectivity index (χ1v) is 7.42. The van der Waals surface area contributed by atoms with Crippen LogP contribution in [0.3, 0.4) is 0 Å². The third kappa shape index (κ3) is 2.58. The molecule has 0 spiro atoms. The lowest BCUT2D eigenvalue weighted by Gasteiger charge is -2.06. The van der Waals surface area contributed by atoms with Crippen molar-refractivity contribution in [2.75, 3.05) is 0 Å². The number of halogens is 1. The second-order valence-corrected chi connectivity index (χ2v) is 5.34. The van der Waals surface area contributed by atoms with Crippen LogP contribution in [0.2, 0.25) is 0 Å². The van der Waals surface area contributed by atoms with E-state index in [9.17, 15) is 4.39 Å². The fourth-order valence-electron chi connectivity index (χ4n) is 2.40. The third-order valence-corrected chi connectivity index (χ3v) is 3.62. The predicted octanol–water partition coefficient (Wildman–Crippen LogP) is 4.03. The first kappa shape index (κ1) is 14.3. The molecule has 4 aromatic rings. The summed E-state index contributed by atoms with van der Waals surface area (Å²) < 4.78 is 20.7. The lowest BCUT2D eigenvalue weighted by atomic mass is 10.2. The summed E-state index contributed by atoms with van der Waals surface area (Å²) in [7, 11) is 0. The predicted molar refractivity (Wildman–Crippen MR) is 87.4 cm³/mol. The van der Waals surface area contributed by atoms with E-state index in [1.165, 1.54) is 6.07 Å². The van der Waals surface area contributed by atoms with Crippen LogP contribution in [-0.4, -0.2) is 19.8 Å². The van der Waals surface area contributed by atoms with Gasteiger partial charge in [-0.25, -0.2) is 4.39 Å². The minimum Gasteiger partial charge on any atom is -0.438 e. The third-order valence-electron chi connectivity index (χ3n) is 3.62. The van der Waals surface area contributed by atoms with Crippen LogP contribution >= 0.6 is 0 Å². The van der Waals surface area contributed by atoms with Gasteiger partial charge in [0.2, 0.25) is 5.88 Å². The number of hydrogen-bond donors (Lipinski definition) is 0. The molecule has 0 unspecified atom stereocenters. The van der Waals surface area contributed by atoms with E-state index in [1.54, 1.807) is 35.7 Å². The highest BCUT2D eigenvalue weighted by Gasteiger charge is 2.10. The highest BCUT2D eigenvalue weighted by Crippen LogP contribution is 2.23. The fraction of sp³-hybridized carbons (Fsp3) is 0.0556. The molecule has 0 radical (unpaired) electrons. The van der Waals surface area contributed by atoms with Gasteiger partial charge in [-0.05, 0) is 36.8 Å². The normalized spacial score (nSPS) is 10.9. The van der Waals surface area contributed by atoms with Crippen LogP contribution < -0.4 is 4.74 Å². The summed E-state index contributed by atoms with van der Waals surface area (Å²) in [6, 6.07) is 17.7. The molecule has 0 fully saturated rings. The number of fused-ring (bicyclic) bond motifs is 1. The number of aromatic nitrogens is 4. The maximum Gasteiger partial charge on any atom is 0.237 e. The van der Waals surface area contributed by atoms with Crippen molar-refractivity contribution in [2.45, 2.75) is 6.92 Å². The maximum absolute atomic E-state index is 13.4. The van der Waals surface area contributed by atoms with Gasteiger partial charge < -0.3 is 4.74 Å². The lowest BCUT2D eigenvalue weighted by molar-refractivity contribution is 0.450. The van der Waals surface area contributed by atoms with Crippen molar-refractivity contribution in [1.82, 2.24) is 19.8 Å². The van der Waals surface area contributed by atoms with Crippen LogP contribution in [-0.2, 0) is 0 Å². The van der Waals surface area contributed by atoms with Gasteiger partial charge in [0.15, 0.2) is 11.5 Å². The molecule has 0 bridgehead atoms. The van der Waals surface area contributed by atoms with Crippen molar-refractivity contribution in [3.05, 3.63) is 72.0 Å². The number of aryl methyl sites for hydroxylation is 1. The van der Waals surface area contributed by atoms with Gasteiger partial charge in [-0.3, -0.25) is 0 Å². The SMILES string of the molecule is Cc1cc(Oc2ccc3nnc(-c4ccccc4)n3n2)ccc1F. The average molecular weight is 320 g/mol. The van der Waals surface area contributed by atoms with Gasteiger partial charge in [0.05, 0.1) is 0 Å². The molecule has 6 heteroatoms. The minimum atomic E-state index is -0.268. The Balaban J connectivity index is 1.73. The Morgan fingerprint density at radius 1 is 0.958 bits per heavy atom. The molecule has 0 aliphatic rings. The van der Waals surface area contributed by atoms with Gasteiger partial charge in [0.1, 0.15) is 11.6 Å².